The van der Waals surface area contributed by atoms with Crippen LogP contribution in [-0.4, -0.2) is 15.0 Å². The molecular formula is C21H20N4O. The molecule has 0 spiro atoms. The fourth-order valence-electron chi connectivity index (χ4n) is 3.11. The maximum absolute atomic E-state index is 11.4. The lowest BCUT2D eigenvalue weighted by Crippen LogP contribution is -2.18. The van der Waals surface area contributed by atoms with Crippen molar-refractivity contribution in [3.8, 4) is 11.1 Å². The van der Waals surface area contributed by atoms with Crippen molar-refractivity contribution in [1.29, 1.82) is 0 Å². The molecule has 130 valence electrons. The average Bonchev–Trinajstić information content (AvgIpc) is 3.06. The van der Waals surface area contributed by atoms with Crippen molar-refractivity contribution in [2.24, 2.45) is 0 Å². The molecule has 5 nitrogen and oxygen atoms in total. The van der Waals surface area contributed by atoms with Crippen LogP contribution in [-0.2, 0) is 6.54 Å². The molecule has 0 aliphatic heterocycles. The van der Waals surface area contributed by atoms with Crippen LogP contribution in [0, 0.1) is 0 Å². The van der Waals surface area contributed by atoms with Crippen molar-refractivity contribution in [2.75, 3.05) is 0 Å². The number of nitrogens with one attached hydrogen (secondary N) is 3. The van der Waals surface area contributed by atoms with Gasteiger partial charge in [0, 0.05) is 25.0 Å². The zero-order chi connectivity index (χ0) is 17.9. The third-order valence-corrected chi connectivity index (χ3v) is 4.59. The van der Waals surface area contributed by atoms with Crippen LogP contribution in [0.25, 0.3) is 22.2 Å². The van der Waals surface area contributed by atoms with Crippen LogP contribution in [0.2, 0.25) is 0 Å². The van der Waals surface area contributed by atoms with Crippen LogP contribution in [0.4, 0.5) is 0 Å². The van der Waals surface area contributed by atoms with E-state index >= 15 is 0 Å². The van der Waals surface area contributed by atoms with Gasteiger partial charge in [0.1, 0.15) is 0 Å². The van der Waals surface area contributed by atoms with Crippen LogP contribution in [0.15, 0.2) is 71.8 Å². The lowest BCUT2D eigenvalue weighted by molar-refractivity contribution is 0.575. The number of imidazole rings is 1. The number of rotatable bonds is 5. The predicted octanol–water partition coefficient (Wildman–Crippen LogP) is 3.77. The first-order valence-electron chi connectivity index (χ1n) is 8.64. The van der Waals surface area contributed by atoms with Gasteiger partial charge in [0.15, 0.2) is 0 Å². The summed E-state index contributed by atoms with van der Waals surface area (Å²) in [6.07, 6.45) is 3.62. The SMILES string of the molecule is CC(NCc1cccc(-c2ccncc2)c1)c1ccc2[nH]c(=O)[nH]c2c1. The summed E-state index contributed by atoms with van der Waals surface area (Å²) in [4.78, 5) is 21.0. The fraction of sp³-hybridized carbons (Fsp3) is 0.143. The Kier molecular flexibility index (Phi) is 4.37. The highest BCUT2D eigenvalue weighted by molar-refractivity contribution is 5.75. The zero-order valence-electron chi connectivity index (χ0n) is 14.5. The standard InChI is InChI=1S/C21H20N4O/c1-14(17-5-6-19-20(12-17)25-21(26)24-19)23-13-15-3-2-4-18(11-15)16-7-9-22-10-8-16/h2-12,14,23H,13H2,1H3,(H2,24,25,26). The molecule has 4 rings (SSSR count). The Balaban J connectivity index is 1.48. The molecule has 0 bridgehead atoms. The molecular weight excluding hydrogens is 324 g/mol. The Bertz CT molecular complexity index is 1080. The second-order valence-electron chi connectivity index (χ2n) is 6.42. The highest BCUT2D eigenvalue weighted by Gasteiger charge is 2.08. The lowest BCUT2D eigenvalue weighted by atomic mass is 10.0. The van der Waals surface area contributed by atoms with E-state index in [0.717, 1.165) is 28.7 Å². The minimum atomic E-state index is -0.175. The Morgan fingerprint density at radius 3 is 2.62 bits per heavy atom. The number of benzene rings is 2. The smallest absolute Gasteiger partial charge is 0.306 e. The van der Waals surface area contributed by atoms with E-state index in [9.17, 15) is 4.79 Å². The van der Waals surface area contributed by atoms with Gasteiger partial charge in [-0.25, -0.2) is 4.79 Å². The molecule has 0 aliphatic carbocycles. The van der Waals surface area contributed by atoms with E-state index in [2.05, 4.69) is 51.5 Å². The van der Waals surface area contributed by atoms with Gasteiger partial charge in [0.25, 0.3) is 0 Å². The van der Waals surface area contributed by atoms with Crippen LogP contribution >= 0.6 is 0 Å². The van der Waals surface area contributed by atoms with Gasteiger partial charge in [0.05, 0.1) is 11.0 Å². The van der Waals surface area contributed by atoms with E-state index in [1.807, 2.05) is 42.7 Å². The molecule has 0 amide bonds. The molecule has 26 heavy (non-hydrogen) atoms. The summed E-state index contributed by atoms with van der Waals surface area (Å²) in [5, 5.41) is 3.55. The molecule has 0 radical (unpaired) electrons. The van der Waals surface area contributed by atoms with Gasteiger partial charge in [-0.05, 0) is 59.5 Å². The molecule has 0 fully saturated rings. The highest BCUT2D eigenvalue weighted by Crippen LogP contribution is 2.21. The van der Waals surface area contributed by atoms with Crippen molar-refractivity contribution in [3.05, 3.63) is 88.6 Å². The number of nitrogens with zero attached hydrogens (tertiary/aromatic N) is 1. The first-order chi connectivity index (χ1) is 12.7. The van der Waals surface area contributed by atoms with Crippen molar-refractivity contribution < 1.29 is 0 Å². The van der Waals surface area contributed by atoms with Gasteiger partial charge in [-0.1, -0.05) is 24.3 Å². The first kappa shape index (κ1) is 16.3. The third kappa shape index (κ3) is 3.43. The van der Waals surface area contributed by atoms with E-state index in [1.165, 1.54) is 11.1 Å². The largest absolute Gasteiger partial charge is 0.323 e. The molecule has 0 aliphatic rings. The summed E-state index contributed by atoms with van der Waals surface area (Å²) in [5.74, 6) is 0. The molecule has 2 heterocycles. The second-order valence-corrected chi connectivity index (χ2v) is 6.42. The minimum Gasteiger partial charge on any atom is -0.306 e. The van der Waals surface area contributed by atoms with Gasteiger partial charge in [-0.15, -0.1) is 0 Å². The molecule has 1 unspecified atom stereocenters. The van der Waals surface area contributed by atoms with Crippen LogP contribution < -0.4 is 11.0 Å². The molecule has 1 atom stereocenters. The normalized spacial score (nSPS) is 12.3. The van der Waals surface area contributed by atoms with Crippen molar-refractivity contribution in [3.63, 3.8) is 0 Å². The maximum Gasteiger partial charge on any atom is 0.323 e. The number of fused-ring (bicyclic) bond motifs is 1. The van der Waals surface area contributed by atoms with Crippen molar-refractivity contribution >= 4 is 11.0 Å². The molecule has 5 heteroatoms. The van der Waals surface area contributed by atoms with Crippen molar-refractivity contribution in [1.82, 2.24) is 20.3 Å². The highest BCUT2D eigenvalue weighted by atomic mass is 16.1. The Labute approximate surface area is 151 Å². The van der Waals surface area contributed by atoms with Crippen LogP contribution in [0.5, 0.6) is 0 Å². The van der Waals surface area contributed by atoms with Gasteiger partial charge in [0.2, 0.25) is 0 Å². The molecule has 2 aromatic carbocycles. The molecule has 3 N–H and O–H groups in total. The van der Waals surface area contributed by atoms with Gasteiger partial charge in [-0.3, -0.25) is 4.98 Å². The van der Waals surface area contributed by atoms with Crippen LogP contribution in [0.1, 0.15) is 24.1 Å². The minimum absolute atomic E-state index is 0.169. The monoisotopic (exact) mass is 344 g/mol. The zero-order valence-corrected chi connectivity index (χ0v) is 14.5. The number of hydrogen-bond acceptors (Lipinski definition) is 3. The number of hydrogen-bond donors (Lipinski definition) is 3. The van der Waals surface area contributed by atoms with E-state index in [-0.39, 0.29) is 11.7 Å². The Morgan fingerprint density at radius 1 is 0.962 bits per heavy atom. The fourth-order valence-corrected chi connectivity index (χ4v) is 3.11. The maximum atomic E-state index is 11.4. The quantitative estimate of drug-likeness (QED) is 0.516. The summed E-state index contributed by atoms with van der Waals surface area (Å²) in [5.41, 5.74) is 6.20. The summed E-state index contributed by atoms with van der Waals surface area (Å²) in [6.45, 7) is 2.89. The van der Waals surface area contributed by atoms with E-state index in [0.29, 0.717) is 0 Å². The summed E-state index contributed by atoms with van der Waals surface area (Å²) in [6, 6.07) is 18.7. The van der Waals surface area contributed by atoms with Crippen LogP contribution in [0.3, 0.4) is 0 Å². The van der Waals surface area contributed by atoms with E-state index in [4.69, 9.17) is 0 Å². The molecule has 0 saturated carbocycles. The van der Waals surface area contributed by atoms with E-state index < -0.39 is 0 Å². The topological polar surface area (TPSA) is 73.6 Å². The first-order valence-corrected chi connectivity index (χ1v) is 8.64. The average molecular weight is 344 g/mol. The summed E-state index contributed by atoms with van der Waals surface area (Å²) < 4.78 is 0. The molecule has 4 aromatic rings. The van der Waals surface area contributed by atoms with Crippen molar-refractivity contribution in [2.45, 2.75) is 19.5 Å². The predicted molar refractivity (Wildman–Crippen MR) is 104 cm³/mol. The van der Waals surface area contributed by atoms with E-state index in [1.54, 1.807) is 0 Å². The number of H-pyrrole nitrogens is 2. The molecule has 0 saturated heterocycles. The molecule has 2 aromatic heterocycles. The number of pyridine rings is 1. The second kappa shape index (κ2) is 6.98. The van der Waals surface area contributed by atoms with Gasteiger partial charge >= 0.3 is 5.69 Å². The Morgan fingerprint density at radius 2 is 1.77 bits per heavy atom. The lowest BCUT2D eigenvalue weighted by Gasteiger charge is -2.15. The number of aromatic nitrogens is 3. The van der Waals surface area contributed by atoms with Gasteiger partial charge < -0.3 is 15.3 Å². The summed E-state index contributed by atoms with van der Waals surface area (Å²) in [7, 11) is 0. The Hall–Kier alpha value is -3.18. The summed E-state index contributed by atoms with van der Waals surface area (Å²) >= 11 is 0. The third-order valence-electron chi connectivity index (χ3n) is 4.59. The number of aromatic amines is 2. The van der Waals surface area contributed by atoms with Gasteiger partial charge in [-0.2, -0.15) is 0 Å².